The van der Waals surface area contributed by atoms with Crippen LogP contribution in [-0.2, 0) is 4.74 Å². The summed E-state index contributed by atoms with van der Waals surface area (Å²) >= 11 is 0. The number of nitrogens with two attached hydrogens (primary N) is 1. The van der Waals surface area contributed by atoms with Gasteiger partial charge in [0, 0.05) is 19.2 Å². The Labute approximate surface area is 110 Å². The normalized spacial score (nSPS) is 15.0. The molecule has 0 saturated carbocycles. The van der Waals surface area contributed by atoms with E-state index in [1.165, 1.54) is 0 Å². The number of ether oxygens (including phenoxy) is 1. The lowest BCUT2D eigenvalue weighted by molar-refractivity contribution is 0.0941. The van der Waals surface area contributed by atoms with Crippen molar-refractivity contribution in [2.75, 3.05) is 26.8 Å². The number of nitrogens with zero attached hydrogens (tertiary/aromatic N) is 1. The fraction of sp³-hybridized carbons (Fsp3) is 0.714. The summed E-state index contributed by atoms with van der Waals surface area (Å²) in [5.41, 5.74) is 6.22. The molecule has 4 nitrogen and oxygen atoms in total. The molecule has 0 amide bonds. The molecule has 1 heterocycles. The summed E-state index contributed by atoms with van der Waals surface area (Å²) in [5.74, 6) is 1.87. The van der Waals surface area contributed by atoms with Gasteiger partial charge in [-0.25, -0.2) is 0 Å². The van der Waals surface area contributed by atoms with Crippen LogP contribution in [0, 0.1) is 6.92 Å². The van der Waals surface area contributed by atoms with Gasteiger partial charge in [-0.2, -0.15) is 0 Å². The molecule has 1 rings (SSSR count). The molecule has 1 aromatic heterocycles. The van der Waals surface area contributed by atoms with Gasteiger partial charge in [0.25, 0.3) is 0 Å². The molecule has 0 aliphatic heterocycles. The quantitative estimate of drug-likeness (QED) is 0.723. The molecule has 0 bridgehead atoms. The number of hydrogen-bond acceptors (Lipinski definition) is 4. The summed E-state index contributed by atoms with van der Waals surface area (Å²) in [6.45, 7) is 8.39. The second-order valence-electron chi connectivity index (χ2n) is 4.64. The molecule has 1 aromatic rings. The maximum Gasteiger partial charge on any atom is 0.122 e. The Morgan fingerprint density at radius 3 is 2.61 bits per heavy atom. The standard InChI is InChI=1S/C14H26N2O2/c1-5-12(15)14(13-8-7-11(3)18-13)16(4)9-10-17-6-2/h7-8,12,14H,5-6,9-10,15H2,1-4H3. The smallest absolute Gasteiger partial charge is 0.122 e. The Kier molecular flexibility index (Phi) is 6.39. The van der Waals surface area contributed by atoms with Gasteiger partial charge in [-0.3, -0.25) is 4.90 Å². The third-order valence-corrected chi connectivity index (χ3v) is 3.20. The van der Waals surface area contributed by atoms with Gasteiger partial charge in [0.05, 0.1) is 12.6 Å². The molecular formula is C14H26N2O2. The van der Waals surface area contributed by atoms with Crippen LogP contribution in [0.25, 0.3) is 0 Å². The highest BCUT2D eigenvalue weighted by atomic mass is 16.5. The minimum absolute atomic E-state index is 0.0715. The third kappa shape index (κ3) is 4.12. The Morgan fingerprint density at radius 1 is 1.39 bits per heavy atom. The van der Waals surface area contributed by atoms with Crippen LogP contribution in [0.5, 0.6) is 0 Å². The second kappa shape index (κ2) is 7.56. The summed E-state index contributed by atoms with van der Waals surface area (Å²) in [7, 11) is 2.07. The molecule has 0 aromatic carbocycles. The SMILES string of the molecule is CCOCCN(C)C(c1ccc(C)o1)C(N)CC. The molecule has 2 unspecified atom stereocenters. The summed E-state index contributed by atoms with van der Waals surface area (Å²) < 4.78 is 11.1. The van der Waals surface area contributed by atoms with E-state index in [9.17, 15) is 0 Å². The molecule has 0 spiro atoms. The fourth-order valence-electron chi connectivity index (χ4n) is 2.08. The molecule has 0 saturated heterocycles. The third-order valence-electron chi connectivity index (χ3n) is 3.20. The van der Waals surface area contributed by atoms with Crippen LogP contribution in [0.3, 0.4) is 0 Å². The lowest BCUT2D eigenvalue weighted by atomic mass is 10.0. The number of furan rings is 1. The van der Waals surface area contributed by atoms with Gasteiger partial charge in [-0.1, -0.05) is 6.92 Å². The predicted molar refractivity (Wildman–Crippen MR) is 73.6 cm³/mol. The Bertz CT molecular complexity index is 338. The van der Waals surface area contributed by atoms with Gasteiger partial charge in [-0.05, 0) is 39.4 Å². The molecule has 104 valence electrons. The average Bonchev–Trinajstić information content (AvgIpc) is 2.76. The Morgan fingerprint density at radius 2 is 2.11 bits per heavy atom. The van der Waals surface area contributed by atoms with Gasteiger partial charge in [-0.15, -0.1) is 0 Å². The average molecular weight is 254 g/mol. The van der Waals surface area contributed by atoms with Gasteiger partial charge < -0.3 is 14.9 Å². The highest BCUT2D eigenvalue weighted by molar-refractivity contribution is 5.12. The first-order chi connectivity index (χ1) is 8.60. The summed E-state index contributed by atoms with van der Waals surface area (Å²) in [4.78, 5) is 2.21. The van der Waals surface area contributed by atoms with Crippen molar-refractivity contribution in [2.45, 2.75) is 39.3 Å². The largest absolute Gasteiger partial charge is 0.465 e. The van der Waals surface area contributed by atoms with Crippen LogP contribution in [0.2, 0.25) is 0 Å². The molecule has 0 aliphatic carbocycles. The first kappa shape index (κ1) is 15.2. The number of aryl methyl sites for hydroxylation is 1. The van der Waals surface area contributed by atoms with Crippen molar-refractivity contribution in [2.24, 2.45) is 5.73 Å². The summed E-state index contributed by atoms with van der Waals surface area (Å²) in [5, 5.41) is 0. The van der Waals surface area contributed by atoms with E-state index in [0.717, 1.165) is 37.7 Å². The van der Waals surface area contributed by atoms with Crippen molar-refractivity contribution >= 4 is 0 Å². The van der Waals surface area contributed by atoms with E-state index in [2.05, 4.69) is 18.9 Å². The van der Waals surface area contributed by atoms with E-state index in [1.54, 1.807) is 0 Å². The van der Waals surface area contributed by atoms with Crippen molar-refractivity contribution in [1.82, 2.24) is 4.90 Å². The molecule has 18 heavy (non-hydrogen) atoms. The molecule has 2 N–H and O–H groups in total. The first-order valence-corrected chi connectivity index (χ1v) is 6.70. The zero-order valence-electron chi connectivity index (χ0n) is 12.0. The molecular weight excluding hydrogens is 228 g/mol. The van der Waals surface area contributed by atoms with Gasteiger partial charge in [0.1, 0.15) is 11.5 Å². The summed E-state index contributed by atoms with van der Waals surface area (Å²) in [6.07, 6.45) is 0.920. The Hall–Kier alpha value is -0.840. The van der Waals surface area contributed by atoms with E-state index in [1.807, 2.05) is 26.0 Å². The van der Waals surface area contributed by atoms with E-state index in [0.29, 0.717) is 0 Å². The number of likely N-dealkylation sites (N-methyl/N-ethyl adjacent to an activating group) is 1. The number of rotatable bonds is 8. The van der Waals surface area contributed by atoms with Crippen LogP contribution in [0.4, 0.5) is 0 Å². The zero-order chi connectivity index (χ0) is 13.5. The monoisotopic (exact) mass is 254 g/mol. The zero-order valence-corrected chi connectivity index (χ0v) is 12.0. The van der Waals surface area contributed by atoms with Crippen molar-refractivity contribution < 1.29 is 9.15 Å². The van der Waals surface area contributed by atoms with E-state index >= 15 is 0 Å². The highest BCUT2D eigenvalue weighted by Gasteiger charge is 2.25. The molecule has 0 fully saturated rings. The van der Waals surface area contributed by atoms with Gasteiger partial charge >= 0.3 is 0 Å². The van der Waals surface area contributed by atoms with E-state index < -0.39 is 0 Å². The van der Waals surface area contributed by atoms with Crippen molar-refractivity contribution in [3.05, 3.63) is 23.7 Å². The van der Waals surface area contributed by atoms with Crippen LogP contribution >= 0.6 is 0 Å². The molecule has 4 heteroatoms. The maximum atomic E-state index is 6.22. The minimum atomic E-state index is 0.0715. The second-order valence-corrected chi connectivity index (χ2v) is 4.64. The van der Waals surface area contributed by atoms with Crippen molar-refractivity contribution in [1.29, 1.82) is 0 Å². The van der Waals surface area contributed by atoms with Crippen LogP contribution in [-0.4, -0.2) is 37.7 Å². The van der Waals surface area contributed by atoms with Crippen LogP contribution < -0.4 is 5.73 Å². The highest BCUT2D eigenvalue weighted by Crippen LogP contribution is 2.25. The van der Waals surface area contributed by atoms with Crippen molar-refractivity contribution in [3.63, 3.8) is 0 Å². The van der Waals surface area contributed by atoms with Crippen LogP contribution in [0.1, 0.15) is 37.8 Å². The summed E-state index contributed by atoms with van der Waals surface area (Å²) in [6, 6.07) is 4.19. The van der Waals surface area contributed by atoms with Crippen LogP contribution in [0.15, 0.2) is 16.5 Å². The topological polar surface area (TPSA) is 51.6 Å². The maximum absolute atomic E-state index is 6.22. The molecule has 0 aliphatic rings. The lowest BCUT2D eigenvalue weighted by Crippen LogP contribution is -2.40. The first-order valence-electron chi connectivity index (χ1n) is 6.70. The lowest BCUT2D eigenvalue weighted by Gasteiger charge is -2.30. The van der Waals surface area contributed by atoms with E-state index in [4.69, 9.17) is 14.9 Å². The number of hydrogen-bond donors (Lipinski definition) is 1. The molecule has 0 radical (unpaired) electrons. The van der Waals surface area contributed by atoms with Crippen molar-refractivity contribution in [3.8, 4) is 0 Å². The minimum Gasteiger partial charge on any atom is -0.465 e. The molecule has 2 atom stereocenters. The van der Waals surface area contributed by atoms with Gasteiger partial charge in [0.2, 0.25) is 0 Å². The predicted octanol–water partition coefficient (Wildman–Crippen LogP) is 2.33. The van der Waals surface area contributed by atoms with E-state index in [-0.39, 0.29) is 12.1 Å². The Balaban J connectivity index is 2.72. The van der Waals surface area contributed by atoms with Gasteiger partial charge in [0.15, 0.2) is 0 Å². The fourth-order valence-corrected chi connectivity index (χ4v) is 2.08.